The van der Waals surface area contributed by atoms with Gasteiger partial charge in [-0.25, -0.2) is 4.98 Å². The maximum absolute atomic E-state index is 5.63. The van der Waals surface area contributed by atoms with Crippen molar-refractivity contribution in [1.82, 2.24) is 4.98 Å². The fourth-order valence-electron chi connectivity index (χ4n) is 1.72. The number of pyridine rings is 1. The molecular weight excluding hydrogens is 204 g/mol. The molecule has 0 atom stereocenters. The summed E-state index contributed by atoms with van der Waals surface area (Å²) in [4.78, 5) is 4.12. The van der Waals surface area contributed by atoms with Gasteiger partial charge in [0.25, 0.3) is 0 Å². The molecule has 1 heterocycles. The molecule has 0 radical (unpaired) electrons. The maximum atomic E-state index is 5.63. The molecule has 0 aliphatic carbocycles. The summed E-state index contributed by atoms with van der Waals surface area (Å²) in [6.07, 6.45) is 2.57. The molecule has 0 bridgehead atoms. The van der Waals surface area contributed by atoms with Gasteiger partial charge >= 0.3 is 0 Å². The number of nitrogens with zero attached hydrogens (tertiary/aromatic N) is 1. The van der Waals surface area contributed by atoms with Crippen LogP contribution in [0.15, 0.2) is 12.3 Å². The van der Waals surface area contributed by atoms with Crippen molar-refractivity contribution in [3.05, 3.63) is 17.8 Å². The van der Waals surface area contributed by atoms with Crippen molar-refractivity contribution in [3.8, 4) is 11.6 Å². The first-order chi connectivity index (χ1) is 7.55. The van der Waals surface area contributed by atoms with Crippen LogP contribution in [0.5, 0.6) is 11.6 Å². The van der Waals surface area contributed by atoms with E-state index in [0.717, 1.165) is 17.7 Å². The molecule has 4 nitrogen and oxygen atoms in total. The molecule has 1 rings (SSSR count). The Morgan fingerprint density at radius 1 is 1.31 bits per heavy atom. The first kappa shape index (κ1) is 12.8. The van der Waals surface area contributed by atoms with Gasteiger partial charge in [0, 0.05) is 11.6 Å². The van der Waals surface area contributed by atoms with Crippen LogP contribution in [0.1, 0.15) is 25.8 Å². The normalized spacial score (nSPS) is 11.3. The lowest BCUT2D eigenvalue weighted by Gasteiger charge is -2.26. The van der Waals surface area contributed by atoms with Crippen LogP contribution in [0.4, 0.5) is 0 Å². The van der Waals surface area contributed by atoms with Crippen LogP contribution in [0.25, 0.3) is 0 Å². The van der Waals surface area contributed by atoms with E-state index in [-0.39, 0.29) is 5.41 Å². The number of hydrogen-bond acceptors (Lipinski definition) is 4. The molecule has 1 aromatic rings. The quantitative estimate of drug-likeness (QED) is 0.827. The molecule has 0 saturated heterocycles. The molecule has 0 aliphatic heterocycles. The summed E-state index contributed by atoms with van der Waals surface area (Å²) in [5.74, 6) is 1.38. The zero-order chi connectivity index (χ0) is 12.2. The third-order valence-electron chi connectivity index (χ3n) is 2.77. The SMILES string of the molecule is COc1cc(C(C)(C)CCN)c(OC)cn1. The molecule has 16 heavy (non-hydrogen) atoms. The second kappa shape index (κ2) is 5.16. The number of ether oxygens (including phenoxy) is 2. The van der Waals surface area contributed by atoms with Gasteiger partial charge in [0.15, 0.2) is 0 Å². The number of aromatic nitrogens is 1. The minimum absolute atomic E-state index is 0.0453. The van der Waals surface area contributed by atoms with E-state index >= 15 is 0 Å². The highest BCUT2D eigenvalue weighted by Crippen LogP contribution is 2.35. The lowest BCUT2D eigenvalue weighted by atomic mass is 9.81. The fraction of sp³-hybridized carbons (Fsp3) is 0.583. The monoisotopic (exact) mass is 224 g/mol. The van der Waals surface area contributed by atoms with E-state index in [1.54, 1.807) is 20.4 Å². The zero-order valence-electron chi connectivity index (χ0n) is 10.4. The van der Waals surface area contributed by atoms with Gasteiger partial charge in [-0.05, 0) is 18.4 Å². The van der Waals surface area contributed by atoms with Gasteiger partial charge in [-0.1, -0.05) is 13.8 Å². The van der Waals surface area contributed by atoms with Crippen molar-refractivity contribution in [2.75, 3.05) is 20.8 Å². The summed E-state index contributed by atoms with van der Waals surface area (Å²) in [5.41, 5.74) is 6.66. The van der Waals surface area contributed by atoms with Crippen molar-refractivity contribution >= 4 is 0 Å². The van der Waals surface area contributed by atoms with E-state index in [1.165, 1.54) is 0 Å². The van der Waals surface area contributed by atoms with Gasteiger partial charge in [-0.3, -0.25) is 0 Å². The average molecular weight is 224 g/mol. The lowest BCUT2D eigenvalue weighted by Crippen LogP contribution is -2.22. The molecular formula is C12H20N2O2. The van der Waals surface area contributed by atoms with E-state index in [4.69, 9.17) is 15.2 Å². The van der Waals surface area contributed by atoms with Crippen LogP contribution >= 0.6 is 0 Å². The Labute approximate surface area is 96.8 Å². The van der Waals surface area contributed by atoms with Crippen LogP contribution in [0, 0.1) is 0 Å². The average Bonchev–Trinajstić information content (AvgIpc) is 2.28. The summed E-state index contributed by atoms with van der Waals surface area (Å²) >= 11 is 0. The fourth-order valence-corrected chi connectivity index (χ4v) is 1.72. The molecule has 0 unspecified atom stereocenters. The lowest BCUT2D eigenvalue weighted by molar-refractivity contribution is 0.368. The summed E-state index contributed by atoms with van der Waals surface area (Å²) in [5, 5.41) is 0. The second-order valence-corrected chi connectivity index (χ2v) is 4.35. The topological polar surface area (TPSA) is 57.4 Å². The molecule has 0 spiro atoms. The van der Waals surface area contributed by atoms with E-state index in [9.17, 15) is 0 Å². The molecule has 2 N–H and O–H groups in total. The predicted octanol–water partition coefficient (Wildman–Crippen LogP) is 1.73. The van der Waals surface area contributed by atoms with Crippen LogP contribution in [-0.4, -0.2) is 25.7 Å². The van der Waals surface area contributed by atoms with Crippen LogP contribution in [0.2, 0.25) is 0 Å². The molecule has 90 valence electrons. The predicted molar refractivity (Wildman–Crippen MR) is 64.0 cm³/mol. The number of nitrogens with two attached hydrogens (primary N) is 1. The highest BCUT2D eigenvalue weighted by Gasteiger charge is 2.24. The van der Waals surface area contributed by atoms with Crippen molar-refractivity contribution in [1.29, 1.82) is 0 Å². The maximum Gasteiger partial charge on any atom is 0.213 e. The Balaban J connectivity index is 3.17. The van der Waals surface area contributed by atoms with Gasteiger partial charge in [-0.2, -0.15) is 0 Å². The molecule has 0 amide bonds. The van der Waals surface area contributed by atoms with Crippen molar-refractivity contribution in [2.24, 2.45) is 5.73 Å². The Kier molecular flexibility index (Phi) is 4.12. The van der Waals surface area contributed by atoms with Crippen LogP contribution in [-0.2, 0) is 5.41 Å². The van der Waals surface area contributed by atoms with Gasteiger partial charge in [-0.15, -0.1) is 0 Å². The van der Waals surface area contributed by atoms with Crippen molar-refractivity contribution < 1.29 is 9.47 Å². The molecule has 1 aromatic heterocycles. The van der Waals surface area contributed by atoms with Gasteiger partial charge in [0.05, 0.1) is 20.4 Å². The third-order valence-corrected chi connectivity index (χ3v) is 2.77. The standard InChI is InChI=1S/C12H20N2O2/c1-12(2,5-6-13)9-7-11(16-4)14-8-10(9)15-3/h7-8H,5-6,13H2,1-4H3. The summed E-state index contributed by atoms with van der Waals surface area (Å²) in [6.45, 7) is 4.91. The summed E-state index contributed by atoms with van der Waals surface area (Å²) < 4.78 is 10.4. The minimum Gasteiger partial charge on any atom is -0.495 e. The molecule has 0 saturated carbocycles. The highest BCUT2D eigenvalue weighted by atomic mass is 16.5. The van der Waals surface area contributed by atoms with Gasteiger partial charge in [0.2, 0.25) is 5.88 Å². The van der Waals surface area contributed by atoms with Crippen LogP contribution in [0.3, 0.4) is 0 Å². The highest BCUT2D eigenvalue weighted by molar-refractivity contribution is 5.40. The summed E-state index contributed by atoms with van der Waals surface area (Å²) in [6, 6.07) is 1.91. The Morgan fingerprint density at radius 3 is 2.50 bits per heavy atom. The smallest absolute Gasteiger partial charge is 0.213 e. The molecule has 0 aromatic carbocycles. The largest absolute Gasteiger partial charge is 0.495 e. The Bertz CT molecular complexity index is 351. The molecule has 0 aliphatic rings. The van der Waals surface area contributed by atoms with E-state index in [0.29, 0.717) is 12.4 Å². The minimum atomic E-state index is -0.0453. The van der Waals surface area contributed by atoms with Gasteiger partial charge in [0.1, 0.15) is 5.75 Å². The Morgan fingerprint density at radius 2 is 2.00 bits per heavy atom. The molecule has 0 fully saturated rings. The summed E-state index contributed by atoms with van der Waals surface area (Å²) in [7, 11) is 3.25. The number of hydrogen-bond donors (Lipinski definition) is 1. The Hall–Kier alpha value is -1.29. The van der Waals surface area contributed by atoms with E-state index in [1.807, 2.05) is 6.07 Å². The number of methoxy groups -OCH3 is 2. The third kappa shape index (κ3) is 2.64. The zero-order valence-corrected chi connectivity index (χ0v) is 10.4. The van der Waals surface area contributed by atoms with Crippen molar-refractivity contribution in [2.45, 2.75) is 25.7 Å². The van der Waals surface area contributed by atoms with Crippen LogP contribution < -0.4 is 15.2 Å². The first-order valence-electron chi connectivity index (χ1n) is 5.33. The van der Waals surface area contributed by atoms with E-state index in [2.05, 4.69) is 18.8 Å². The van der Waals surface area contributed by atoms with Crippen molar-refractivity contribution in [3.63, 3.8) is 0 Å². The number of rotatable bonds is 5. The first-order valence-corrected chi connectivity index (χ1v) is 5.33. The van der Waals surface area contributed by atoms with E-state index < -0.39 is 0 Å². The van der Waals surface area contributed by atoms with Gasteiger partial charge < -0.3 is 15.2 Å². The second-order valence-electron chi connectivity index (χ2n) is 4.35. The molecule has 4 heteroatoms.